The zero-order valence-electron chi connectivity index (χ0n) is 12.5. The van der Waals surface area contributed by atoms with Gasteiger partial charge in [0, 0.05) is 25.7 Å². The van der Waals surface area contributed by atoms with Gasteiger partial charge in [-0.3, -0.25) is 0 Å². The molecule has 4 heteroatoms. The van der Waals surface area contributed by atoms with Gasteiger partial charge in [0.05, 0.1) is 7.11 Å². The van der Waals surface area contributed by atoms with Crippen LogP contribution in [0.25, 0.3) is 0 Å². The number of likely N-dealkylation sites (N-methyl/N-ethyl adjacent to an activating group) is 1. The third-order valence-corrected chi connectivity index (χ3v) is 4.13. The van der Waals surface area contributed by atoms with Crippen molar-refractivity contribution in [3.8, 4) is 5.75 Å². The van der Waals surface area contributed by atoms with Crippen molar-refractivity contribution in [2.45, 2.75) is 38.3 Å². The number of nitrogens with zero attached hydrogens (tertiary/aromatic N) is 1. The minimum absolute atomic E-state index is 0.296. The molecule has 1 aliphatic rings. The molecule has 112 valence electrons. The van der Waals surface area contributed by atoms with Crippen LogP contribution in [0.1, 0.15) is 31.2 Å². The van der Waals surface area contributed by atoms with Crippen molar-refractivity contribution in [2.75, 3.05) is 27.2 Å². The van der Waals surface area contributed by atoms with E-state index >= 15 is 0 Å². The topological polar surface area (TPSA) is 24.5 Å². The van der Waals surface area contributed by atoms with Gasteiger partial charge < -0.3 is 15.0 Å². The van der Waals surface area contributed by atoms with E-state index in [0.717, 1.165) is 24.7 Å². The van der Waals surface area contributed by atoms with Crippen LogP contribution in [0, 0.1) is 5.82 Å². The van der Waals surface area contributed by atoms with Crippen molar-refractivity contribution < 1.29 is 9.13 Å². The van der Waals surface area contributed by atoms with Gasteiger partial charge >= 0.3 is 0 Å². The highest BCUT2D eigenvalue weighted by atomic mass is 19.1. The number of nitrogens with one attached hydrogen (secondary N) is 1. The van der Waals surface area contributed by atoms with E-state index in [0.29, 0.717) is 12.3 Å². The average molecular weight is 280 g/mol. The predicted octanol–water partition coefficient (Wildman–Crippen LogP) is 2.80. The molecule has 0 aromatic heterocycles. The van der Waals surface area contributed by atoms with Crippen molar-refractivity contribution >= 4 is 0 Å². The fourth-order valence-corrected chi connectivity index (χ4v) is 2.84. The second-order valence-corrected chi connectivity index (χ2v) is 5.56. The van der Waals surface area contributed by atoms with Crippen LogP contribution in [0.3, 0.4) is 0 Å². The van der Waals surface area contributed by atoms with Crippen LogP contribution in [0.15, 0.2) is 18.2 Å². The van der Waals surface area contributed by atoms with E-state index < -0.39 is 0 Å². The lowest BCUT2D eigenvalue weighted by Crippen LogP contribution is -2.35. The van der Waals surface area contributed by atoms with E-state index in [9.17, 15) is 4.39 Å². The number of hydrogen-bond donors (Lipinski definition) is 1. The first-order valence-corrected chi connectivity index (χ1v) is 7.44. The summed E-state index contributed by atoms with van der Waals surface area (Å²) in [6.45, 7) is 2.67. The smallest absolute Gasteiger partial charge is 0.165 e. The van der Waals surface area contributed by atoms with Crippen molar-refractivity contribution in [3.63, 3.8) is 0 Å². The van der Waals surface area contributed by atoms with E-state index in [2.05, 4.69) is 17.3 Å². The molecule has 0 amide bonds. The Balaban J connectivity index is 1.69. The van der Waals surface area contributed by atoms with Gasteiger partial charge in [0.2, 0.25) is 0 Å². The zero-order chi connectivity index (χ0) is 14.4. The maximum absolute atomic E-state index is 13.5. The molecular formula is C16H25FN2O. The Hall–Kier alpha value is -1.13. The molecule has 1 aromatic rings. The quantitative estimate of drug-likeness (QED) is 0.777. The summed E-state index contributed by atoms with van der Waals surface area (Å²) >= 11 is 0. The number of ether oxygens (including phenoxy) is 1. The summed E-state index contributed by atoms with van der Waals surface area (Å²) in [7, 11) is 3.68. The van der Waals surface area contributed by atoms with E-state index in [1.54, 1.807) is 6.07 Å². The molecule has 1 saturated carbocycles. The van der Waals surface area contributed by atoms with Gasteiger partial charge in [0.1, 0.15) is 0 Å². The minimum atomic E-state index is -0.296. The molecular weight excluding hydrogens is 255 g/mol. The third kappa shape index (κ3) is 4.18. The van der Waals surface area contributed by atoms with Crippen molar-refractivity contribution in [1.29, 1.82) is 0 Å². The summed E-state index contributed by atoms with van der Waals surface area (Å²) in [5.41, 5.74) is 0.951. The third-order valence-electron chi connectivity index (χ3n) is 4.13. The Kier molecular flexibility index (Phi) is 5.80. The van der Waals surface area contributed by atoms with Crippen LogP contribution in [0.5, 0.6) is 5.75 Å². The fraction of sp³-hybridized carbons (Fsp3) is 0.625. The highest BCUT2D eigenvalue weighted by Gasteiger charge is 2.18. The first-order chi connectivity index (χ1) is 9.70. The number of methoxy groups -OCH3 is 1. The van der Waals surface area contributed by atoms with Gasteiger partial charge in [-0.1, -0.05) is 18.9 Å². The highest BCUT2D eigenvalue weighted by molar-refractivity contribution is 5.29. The van der Waals surface area contributed by atoms with Gasteiger partial charge in [0.25, 0.3) is 0 Å². The molecule has 0 spiro atoms. The number of halogens is 1. The second kappa shape index (κ2) is 7.60. The molecule has 1 aliphatic carbocycles. The Morgan fingerprint density at radius 2 is 2.10 bits per heavy atom. The number of rotatable bonds is 7. The van der Waals surface area contributed by atoms with E-state index in [4.69, 9.17) is 4.74 Å². The molecule has 0 heterocycles. The van der Waals surface area contributed by atoms with E-state index in [1.165, 1.54) is 38.9 Å². The summed E-state index contributed by atoms with van der Waals surface area (Å²) < 4.78 is 18.4. The van der Waals surface area contributed by atoms with Crippen LogP contribution in [-0.4, -0.2) is 38.2 Å². The molecule has 0 bridgehead atoms. The van der Waals surface area contributed by atoms with Gasteiger partial charge in [-0.2, -0.15) is 0 Å². The van der Waals surface area contributed by atoms with Crippen molar-refractivity contribution in [1.82, 2.24) is 10.2 Å². The molecule has 1 aromatic carbocycles. The molecule has 0 atom stereocenters. The summed E-state index contributed by atoms with van der Waals surface area (Å²) in [5, 5.41) is 3.37. The van der Waals surface area contributed by atoms with Crippen LogP contribution < -0.4 is 10.1 Å². The van der Waals surface area contributed by atoms with Gasteiger partial charge in [-0.25, -0.2) is 4.39 Å². The Bertz CT molecular complexity index is 419. The number of benzene rings is 1. The lowest BCUT2D eigenvalue weighted by Gasteiger charge is -2.24. The molecule has 1 N–H and O–H groups in total. The zero-order valence-corrected chi connectivity index (χ0v) is 12.5. The Morgan fingerprint density at radius 1 is 1.35 bits per heavy atom. The molecule has 20 heavy (non-hydrogen) atoms. The first-order valence-electron chi connectivity index (χ1n) is 7.44. The number of hydrogen-bond acceptors (Lipinski definition) is 3. The lowest BCUT2D eigenvalue weighted by atomic mass is 10.2. The molecule has 2 rings (SSSR count). The summed E-state index contributed by atoms with van der Waals surface area (Å²) in [6.07, 6.45) is 5.40. The van der Waals surface area contributed by atoms with Crippen molar-refractivity contribution in [3.05, 3.63) is 29.6 Å². The van der Waals surface area contributed by atoms with Crippen LogP contribution in [-0.2, 0) is 6.54 Å². The van der Waals surface area contributed by atoms with Crippen molar-refractivity contribution in [2.24, 2.45) is 0 Å². The molecule has 0 unspecified atom stereocenters. The maximum Gasteiger partial charge on any atom is 0.165 e. The monoisotopic (exact) mass is 280 g/mol. The minimum Gasteiger partial charge on any atom is -0.494 e. The fourth-order valence-electron chi connectivity index (χ4n) is 2.84. The maximum atomic E-state index is 13.5. The first kappa shape index (κ1) is 15.3. The van der Waals surface area contributed by atoms with E-state index in [-0.39, 0.29) is 5.82 Å². The van der Waals surface area contributed by atoms with E-state index in [1.807, 2.05) is 6.07 Å². The molecule has 0 aliphatic heterocycles. The van der Waals surface area contributed by atoms with Gasteiger partial charge in [0.15, 0.2) is 11.6 Å². The Morgan fingerprint density at radius 3 is 2.75 bits per heavy atom. The van der Waals surface area contributed by atoms with Crippen LogP contribution >= 0.6 is 0 Å². The highest BCUT2D eigenvalue weighted by Crippen LogP contribution is 2.22. The predicted molar refractivity (Wildman–Crippen MR) is 79.5 cm³/mol. The standard InChI is InChI=1S/C16H25FN2O/c1-19(14-5-3-4-6-14)10-9-18-12-13-7-8-16(20-2)15(17)11-13/h7-8,11,14,18H,3-6,9-10,12H2,1-2H3. The second-order valence-electron chi connectivity index (χ2n) is 5.56. The molecule has 3 nitrogen and oxygen atoms in total. The van der Waals surface area contributed by atoms with Gasteiger partial charge in [-0.05, 0) is 37.6 Å². The molecule has 0 radical (unpaired) electrons. The summed E-state index contributed by atoms with van der Waals surface area (Å²) in [5.74, 6) is 0.00425. The SMILES string of the molecule is COc1ccc(CNCCN(C)C2CCCC2)cc1F. The lowest BCUT2D eigenvalue weighted by molar-refractivity contribution is 0.245. The molecule has 1 fully saturated rings. The largest absolute Gasteiger partial charge is 0.494 e. The average Bonchev–Trinajstić information content (AvgIpc) is 2.98. The normalized spacial score (nSPS) is 16.0. The molecule has 0 saturated heterocycles. The van der Waals surface area contributed by atoms with Crippen LogP contribution in [0.4, 0.5) is 4.39 Å². The Labute approximate surface area is 121 Å². The van der Waals surface area contributed by atoms with Gasteiger partial charge in [-0.15, -0.1) is 0 Å². The van der Waals surface area contributed by atoms with Crippen LogP contribution in [0.2, 0.25) is 0 Å². The summed E-state index contributed by atoms with van der Waals surface area (Å²) in [4.78, 5) is 2.44. The summed E-state index contributed by atoms with van der Waals surface area (Å²) in [6, 6.07) is 5.87.